The van der Waals surface area contributed by atoms with Gasteiger partial charge in [0.05, 0.1) is 22.6 Å². The monoisotopic (exact) mass is 778 g/mol. The summed E-state index contributed by atoms with van der Waals surface area (Å²) in [6.07, 6.45) is 3.89. The number of ether oxygens (including phenoxy) is 1. The standard InChI is InChI=1S/C43H42N10O5/c44-39-37-38(24-6-9-32(10-7-24)58-31-4-2-1-3-5-31)48-53(40(37)46-23-45-39)28-14-25-17-49(18-26(25)15-28)29-21-51(22-29)30-19-50(20-30)27-8-11-33-34(16-27)43(57)52(42(33)56)35-12-13-36(54)47-41(35)55/h1-11,16,23,25-26,28-30,35H,12-15,17-22H2,(H2,44,45,46)(H,47,54,55)/t25-,26+,28?,35?. The molecule has 3 N–H and O–H groups in total. The van der Waals surface area contributed by atoms with Gasteiger partial charge in [-0.2, -0.15) is 5.10 Å². The van der Waals surface area contributed by atoms with Crippen LogP contribution in [0.25, 0.3) is 22.3 Å². The number of benzene rings is 3. The molecule has 2 aromatic heterocycles. The van der Waals surface area contributed by atoms with Crippen molar-refractivity contribution in [2.45, 2.75) is 49.9 Å². The number of rotatable bonds is 8. The molecule has 0 radical (unpaired) electrons. The maximum absolute atomic E-state index is 13.3. The Morgan fingerprint density at radius 3 is 2.16 bits per heavy atom. The Kier molecular flexibility index (Phi) is 8.12. The van der Waals surface area contributed by atoms with Crippen LogP contribution in [0, 0.1) is 11.8 Å². The third kappa shape index (κ3) is 5.74. The van der Waals surface area contributed by atoms with Crippen LogP contribution in [0.2, 0.25) is 0 Å². The third-order valence-corrected chi connectivity index (χ3v) is 13.3. The van der Waals surface area contributed by atoms with Crippen molar-refractivity contribution in [2.75, 3.05) is 49.9 Å². The Morgan fingerprint density at radius 1 is 0.724 bits per heavy atom. The molecule has 1 aliphatic carbocycles. The number of nitrogens with one attached hydrogen (secondary N) is 1. The van der Waals surface area contributed by atoms with E-state index in [2.05, 4.69) is 34.7 Å². The van der Waals surface area contributed by atoms with Crippen molar-refractivity contribution in [3.63, 3.8) is 0 Å². The molecule has 5 aliphatic heterocycles. The Balaban J connectivity index is 0.694. The summed E-state index contributed by atoms with van der Waals surface area (Å²) in [5, 5.41) is 8.20. The number of para-hydroxylation sites is 1. The summed E-state index contributed by atoms with van der Waals surface area (Å²) in [6, 6.07) is 23.3. The molecular weight excluding hydrogens is 737 g/mol. The SMILES string of the molecule is Nc1ncnc2c1c(-c1ccc(Oc3ccccc3)cc1)nn2C1C[C@@H]2CN(C3CN(C4CN(c5ccc6c(c5)C(=O)N(C5CCC(=O)NC5=O)C6=O)C4)C3)C[C@@H]2C1. The number of carbonyl (C=O) groups excluding carboxylic acids is 4. The molecule has 2 unspecified atom stereocenters. The van der Waals surface area contributed by atoms with Gasteiger partial charge in [-0.25, -0.2) is 14.6 Å². The number of hydrogen-bond acceptors (Lipinski definition) is 12. The van der Waals surface area contributed by atoms with Gasteiger partial charge in [0.2, 0.25) is 11.8 Å². The van der Waals surface area contributed by atoms with Gasteiger partial charge >= 0.3 is 0 Å². The van der Waals surface area contributed by atoms with E-state index in [1.807, 2.05) is 60.7 Å². The molecule has 5 aromatic rings. The summed E-state index contributed by atoms with van der Waals surface area (Å²) >= 11 is 0. The second kappa shape index (κ2) is 13.5. The van der Waals surface area contributed by atoms with Crippen molar-refractivity contribution < 1.29 is 23.9 Å². The number of imide groups is 2. The topological polar surface area (TPSA) is 172 Å². The average molecular weight is 779 g/mol. The van der Waals surface area contributed by atoms with E-state index in [0.717, 1.165) is 96.5 Å². The summed E-state index contributed by atoms with van der Waals surface area (Å²) in [6.45, 7) is 6.02. The van der Waals surface area contributed by atoms with Crippen LogP contribution in [0.4, 0.5) is 11.5 Å². The van der Waals surface area contributed by atoms with Gasteiger partial charge in [0.1, 0.15) is 35.4 Å². The molecule has 3 aromatic carbocycles. The molecule has 4 saturated heterocycles. The van der Waals surface area contributed by atoms with E-state index in [0.29, 0.717) is 40.9 Å². The number of nitrogens with zero attached hydrogens (tertiary/aromatic N) is 8. The van der Waals surface area contributed by atoms with Gasteiger partial charge in [-0.1, -0.05) is 18.2 Å². The van der Waals surface area contributed by atoms with Crippen LogP contribution in [0.3, 0.4) is 0 Å². The molecule has 15 heteroatoms. The highest BCUT2D eigenvalue weighted by molar-refractivity contribution is 6.23. The zero-order valence-corrected chi connectivity index (χ0v) is 31.7. The van der Waals surface area contributed by atoms with Crippen LogP contribution in [0.1, 0.15) is 52.4 Å². The lowest BCUT2D eigenvalue weighted by Gasteiger charge is -2.54. The van der Waals surface area contributed by atoms with Crippen LogP contribution in [-0.4, -0.2) is 115 Å². The fourth-order valence-corrected chi connectivity index (χ4v) is 10.1. The van der Waals surface area contributed by atoms with Crippen molar-refractivity contribution in [3.8, 4) is 22.8 Å². The number of fused-ring (bicyclic) bond motifs is 3. The molecule has 7 heterocycles. The molecule has 4 amide bonds. The molecule has 4 atom stereocenters. The normalized spacial score (nSPS) is 25.2. The van der Waals surface area contributed by atoms with Crippen molar-refractivity contribution in [3.05, 3.63) is 90.3 Å². The second-order valence-corrected chi connectivity index (χ2v) is 16.6. The van der Waals surface area contributed by atoms with E-state index in [1.54, 1.807) is 12.1 Å². The van der Waals surface area contributed by atoms with Crippen molar-refractivity contribution >= 4 is 46.2 Å². The first-order valence-electron chi connectivity index (χ1n) is 20.2. The highest BCUT2D eigenvalue weighted by Gasteiger charge is 2.49. The Bertz CT molecular complexity index is 2480. The summed E-state index contributed by atoms with van der Waals surface area (Å²) in [5.41, 5.74) is 10.5. The lowest BCUT2D eigenvalue weighted by molar-refractivity contribution is -0.136. The smallest absolute Gasteiger partial charge is 0.262 e. The van der Waals surface area contributed by atoms with E-state index in [1.165, 1.54) is 6.33 Å². The average Bonchev–Trinajstić information content (AvgIpc) is 3.94. The number of piperidine rings is 1. The molecule has 15 nitrogen and oxygen atoms in total. The van der Waals surface area contributed by atoms with Crippen molar-refractivity contribution in [1.82, 2.24) is 39.8 Å². The number of amides is 4. The molecule has 0 spiro atoms. The molecule has 294 valence electrons. The number of nitrogens with two attached hydrogens (primary N) is 1. The fourth-order valence-electron chi connectivity index (χ4n) is 10.1. The Labute approximate surface area is 333 Å². The molecule has 0 bridgehead atoms. The zero-order chi connectivity index (χ0) is 39.2. The molecule has 58 heavy (non-hydrogen) atoms. The highest BCUT2D eigenvalue weighted by Crippen LogP contribution is 2.47. The van der Waals surface area contributed by atoms with E-state index < -0.39 is 23.8 Å². The van der Waals surface area contributed by atoms with E-state index in [4.69, 9.17) is 15.6 Å². The predicted octanol–water partition coefficient (Wildman–Crippen LogP) is 3.72. The van der Waals surface area contributed by atoms with E-state index >= 15 is 0 Å². The lowest BCUT2D eigenvalue weighted by Crippen LogP contribution is -2.69. The second-order valence-electron chi connectivity index (χ2n) is 16.6. The van der Waals surface area contributed by atoms with Crippen LogP contribution >= 0.6 is 0 Å². The summed E-state index contributed by atoms with van der Waals surface area (Å²) in [4.78, 5) is 68.1. The minimum absolute atomic E-state index is 0.0993. The maximum Gasteiger partial charge on any atom is 0.262 e. The first-order chi connectivity index (χ1) is 28.3. The number of nitrogen functional groups attached to an aromatic ring is 1. The first kappa shape index (κ1) is 35.0. The van der Waals surface area contributed by atoms with Gasteiger partial charge in [0, 0.05) is 69.0 Å². The van der Waals surface area contributed by atoms with Gasteiger partial charge in [-0.3, -0.25) is 39.2 Å². The van der Waals surface area contributed by atoms with Crippen LogP contribution < -0.4 is 20.7 Å². The van der Waals surface area contributed by atoms with Gasteiger partial charge in [-0.05, 0) is 85.7 Å². The lowest BCUT2D eigenvalue weighted by atomic mass is 9.97. The Morgan fingerprint density at radius 2 is 1.41 bits per heavy atom. The van der Waals surface area contributed by atoms with Gasteiger partial charge in [-0.15, -0.1) is 0 Å². The van der Waals surface area contributed by atoms with Crippen LogP contribution in [-0.2, 0) is 9.59 Å². The maximum atomic E-state index is 13.3. The van der Waals surface area contributed by atoms with Gasteiger partial charge in [0.15, 0.2) is 5.65 Å². The summed E-state index contributed by atoms with van der Waals surface area (Å²) in [7, 11) is 0. The quantitative estimate of drug-likeness (QED) is 0.219. The minimum atomic E-state index is -0.964. The number of aromatic nitrogens is 4. The number of anilines is 2. The van der Waals surface area contributed by atoms with Crippen LogP contribution in [0.5, 0.6) is 11.5 Å². The summed E-state index contributed by atoms with van der Waals surface area (Å²) < 4.78 is 8.12. The first-order valence-corrected chi connectivity index (χ1v) is 20.2. The Hall–Kier alpha value is -6.19. The van der Waals surface area contributed by atoms with Gasteiger partial charge < -0.3 is 15.4 Å². The van der Waals surface area contributed by atoms with Gasteiger partial charge in [0.25, 0.3) is 11.8 Å². The van der Waals surface area contributed by atoms with Crippen molar-refractivity contribution in [2.24, 2.45) is 11.8 Å². The zero-order valence-electron chi connectivity index (χ0n) is 31.7. The van der Waals surface area contributed by atoms with Crippen molar-refractivity contribution in [1.29, 1.82) is 0 Å². The fraction of sp³-hybridized carbons (Fsp3) is 0.372. The largest absolute Gasteiger partial charge is 0.457 e. The molecule has 1 saturated carbocycles. The predicted molar refractivity (Wildman–Crippen MR) is 213 cm³/mol. The molecule has 6 aliphatic rings. The van der Waals surface area contributed by atoms with E-state index in [9.17, 15) is 19.2 Å². The highest BCUT2D eigenvalue weighted by atomic mass is 16.5. The number of likely N-dealkylation sites (tertiary alicyclic amines) is 2. The number of hydrogen-bond donors (Lipinski definition) is 2. The number of carbonyl (C=O) groups is 4. The third-order valence-electron chi connectivity index (χ3n) is 13.3. The summed E-state index contributed by atoms with van der Waals surface area (Å²) in [5.74, 6) is 1.24. The molecular formula is C43H42N10O5. The minimum Gasteiger partial charge on any atom is -0.457 e. The molecule has 11 rings (SSSR count). The molecule has 5 fully saturated rings. The van der Waals surface area contributed by atoms with Crippen LogP contribution in [0.15, 0.2) is 79.1 Å². The van der Waals surface area contributed by atoms with E-state index in [-0.39, 0.29) is 24.8 Å².